The number of benzene rings is 3. The van der Waals surface area contributed by atoms with Gasteiger partial charge in [0.05, 0.1) is 5.69 Å². The Morgan fingerprint density at radius 3 is 2.62 bits per heavy atom. The first-order chi connectivity index (χ1) is 18.9. The number of rotatable bonds is 5. The number of fused-ring (bicyclic) bond motifs is 2. The molecule has 0 saturated heterocycles. The molecule has 0 amide bonds. The highest BCUT2D eigenvalue weighted by molar-refractivity contribution is 7.18. The molecule has 3 nitrogen and oxygen atoms in total. The highest BCUT2D eigenvalue weighted by atomic mass is 35.5. The maximum absolute atomic E-state index is 6.43. The molecule has 0 bridgehead atoms. The molecule has 2 aliphatic rings. The molecule has 0 spiro atoms. The second-order valence-electron chi connectivity index (χ2n) is 10.6. The van der Waals surface area contributed by atoms with Crippen molar-refractivity contribution in [3.05, 3.63) is 117 Å². The van der Waals surface area contributed by atoms with E-state index >= 15 is 0 Å². The Bertz CT molecular complexity index is 1660. The number of ether oxygens (including phenoxy) is 1. The van der Waals surface area contributed by atoms with Gasteiger partial charge in [0.25, 0.3) is 5.01 Å². The van der Waals surface area contributed by atoms with Crippen LogP contribution >= 0.6 is 22.9 Å². The molecule has 1 aliphatic carbocycles. The molecule has 6 rings (SSSR count). The van der Waals surface area contributed by atoms with E-state index in [1.807, 2.05) is 17.4 Å². The van der Waals surface area contributed by atoms with Crippen LogP contribution in [0.1, 0.15) is 54.3 Å². The second-order valence-corrected chi connectivity index (χ2v) is 12.1. The van der Waals surface area contributed by atoms with Crippen LogP contribution in [0.5, 0.6) is 5.75 Å². The zero-order chi connectivity index (χ0) is 27.1. The molecule has 4 aromatic rings. The zero-order valence-electron chi connectivity index (χ0n) is 23.0. The van der Waals surface area contributed by atoms with Crippen LogP contribution in [0.25, 0.3) is 16.3 Å². The maximum Gasteiger partial charge on any atom is 0.263 e. The smallest absolute Gasteiger partial charge is 0.263 e. The van der Waals surface area contributed by atoms with Gasteiger partial charge >= 0.3 is 0 Å². The molecule has 1 unspecified atom stereocenters. The van der Waals surface area contributed by atoms with E-state index in [-0.39, 0.29) is 0 Å². The average Bonchev–Trinajstić information content (AvgIpc) is 3.43. The second kappa shape index (κ2) is 10.7. The number of hydrogen-bond donors (Lipinski definition) is 0. The van der Waals surface area contributed by atoms with Gasteiger partial charge in [-0.2, -0.15) is 4.57 Å². The fraction of sp³-hybridized carbons (Fsp3) is 0.265. The number of hydrogen-bond acceptors (Lipinski definition) is 3. The minimum Gasteiger partial charge on any atom is -0.439 e. The van der Waals surface area contributed by atoms with Crippen LogP contribution in [0.15, 0.2) is 89.8 Å². The van der Waals surface area contributed by atoms with Gasteiger partial charge in [-0.15, -0.1) is 0 Å². The van der Waals surface area contributed by atoms with E-state index in [2.05, 4.69) is 110 Å². The predicted octanol–water partition coefficient (Wildman–Crippen LogP) is 9.13. The van der Waals surface area contributed by atoms with Gasteiger partial charge in [0.15, 0.2) is 5.75 Å². The molecule has 5 heteroatoms. The van der Waals surface area contributed by atoms with Crippen molar-refractivity contribution in [2.45, 2.75) is 53.0 Å². The zero-order valence-corrected chi connectivity index (χ0v) is 24.6. The summed E-state index contributed by atoms with van der Waals surface area (Å²) in [5.74, 6) is 2.18. The van der Waals surface area contributed by atoms with Gasteiger partial charge in [0.1, 0.15) is 11.2 Å². The summed E-state index contributed by atoms with van der Waals surface area (Å²) in [5, 5.41) is 2.08. The van der Waals surface area contributed by atoms with Gasteiger partial charge in [0, 0.05) is 29.8 Å². The van der Waals surface area contributed by atoms with E-state index in [0.717, 1.165) is 48.3 Å². The molecule has 0 saturated carbocycles. The number of aromatic nitrogens is 1. The van der Waals surface area contributed by atoms with Crippen molar-refractivity contribution in [2.75, 3.05) is 11.4 Å². The molecule has 3 aromatic carbocycles. The molecule has 2 heterocycles. The molecule has 39 heavy (non-hydrogen) atoms. The summed E-state index contributed by atoms with van der Waals surface area (Å²) in [6.07, 6.45) is 8.92. The first-order valence-electron chi connectivity index (χ1n) is 13.8. The fourth-order valence-corrected chi connectivity index (χ4v) is 7.30. The standard InChI is InChI=1S/C34H34ClN2OS/c1-5-36-29-12-10-22(3)14-31(29)38-33(36)19-24-16-25(18-27(17-24)26-8-7-9-28(35)21-26)20-34-37(6-2)30-13-11-23(4)15-32(30)39-34/h7-16,19-21,27H,5-6,17-18H2,1-4H3/q+1. The predicted molar refractivity (Wildman–Crippen MR) is 165 cm³/mol. The summed E-state index contributed by atoms with van der Waals surface area (Å²) in [7, 11) is 0. The van der Waals surface area contributed by atoms with Crippen molar-refractivity contribution in [3.8, 4) is 5.75 Å². The van der Waals surface area contributed by atoms with Gasteiger partial charge in [-0.1, -0.05) is 53.3 Å². The highest BCUT2D eigenvalue weighted by Crippen LogP contribution is 2.42. The SMILES string of the molecule is CCN1C(=CC2=CC(=Cc3sc4cc(C)ccc4[n+]3CC)CC(c3cccc(Cl)c3)C2)Oc2cc(C)ccc21. The lowest BCUT2D eigenvalue weighted by Crippen LogP contribution is -2.33. The molecule has 0 radical (unpaired) electrons. The summed E-state index contributed by atoms with van der Waals surface area (Å²) < 4.78 is 10.2. The highest BCUT2D eigenvalue weighted by Gasteiger charge is 2.28. The molecule has 1 aliphatic heterocycles. The molecular formula is C34H34ClN2OS+. The lowest BCUT2D eigenvalue weighted by atomic mass is 9.81. The van der Waals surface area contributed by atoms with E-state index in [9.17, 15) is 0 Å². The van der Waals surface area contributed by atoms with Gasteiger partial charge in [-0.3, -0.25) is 0 Å². The summed E-state index contributed by atoms with van der Waals surface area (Å²) >= 11 is 8.31. The topological polar surface area (TPSA) is 16.4 Å². The van der Waals surface area contributed by atoms with Gasteiger partial charge < -0.3 is 9.64 Å². The number of nitrogens with zero attached hydrogens (tertiary/aromatic N) is 2. The first-order valence-corrected chi connectivity index (χ1v) is 15.0. The molecule has 1 atom stereocenters. The Kier molecular flexibility index (Phi) is 7.09. The van der Waals surface area contributed by atoms with E-state index < -0.39 is 0 Å². The summed E-state index contributed by atoms with van der Waals surface area (Å²) in [6, 6.07) is 21.6. The van der Waals surface area contributed by atoms with Crippen molar-refractivity contribution in [1.29, 1.82) is 0 Å². The third-order valence-corrected chi connectivity index (χ3v) is 9.01. The third-order valence-electron chi connectivity index (χ3n) is 7.68. The number of anilines is 1. The summed E-state index contributed by atoms with van der Waals surface area (Å²) in [6.45, 7) is 10.5. The number of thiazole rings is 1. The summed E-state index contributed by atoms with van der Waals surface area (Å²) in [5.41, 5.74) is 8.83. The number of halogens is 1. The minimum absolute atomic E-state index is 0.347. The molecule has 1 aromatic heterocycles. The van der Waals surface area contributed by atoms with Crippen LogP contribution in [-0.4, -0.2) is 6.54 Å². The molecule has 198 valence electrons. The van der Waals surface area contributed by atoms with Crippen LogP contribution in [0.3, 0.4) is 0 Å². The van der Waals surface area contributed by atoms with Crippen molar-refractivity contribution in [1.82, 2.24) is 0 Å². The minimum atomic E-state index is 0.347. The van der Waals surface area contributed by atoms with Crippen LogP contribution in [0, 0.1) is 13.8 Å². The molecule has 0 N–H and O–H groups in total. The average molecular weight is 554 g/mol. The van der Waals surface area contributed by atoms with Gasteiger partial charge in [0.2, 0.25) is 11.4 Å². The van der Waals surface area contributed by atoms with Crippen LogP contribution in [-0.2, 0) is 6.54 Å². The lowest BCUT2D eigenvalue weighted by molar-refractivity contribution is -0.665. The molecular weight excluding hydrogens is 520 g/mol. The van der Waals surface area contributed by atoms with Crippen LogP contribution in [0.2, 0.25) is 5.02 Å². The third kappa shape index (κ3) is 5.16. The van der Waals surface area contributed by atoms with E-state index in [1.54, 1.807) is 0 Å². The van der Waals surface area contributed by atoms with Crippen molar-refractivity contribution in [3.63, 3.8) is 0 Å². The van der Waals surface area contributed by atoms with Crippen molar-refractivity contribution >= 4 is 44.9 Å². The maximum atomic E-state index is 6.43. The van der Waals surface area contributed by atoms with Crippen LogP contribution < -0.4 is 14.2 Å². The number of aryl methyl sites for hydroxylation is 3. The van der Waals surface area contributed by atoms with Crippen LogP contribution in [0.4, 0.5) is 5.69 Å². The first kappa shape index (κ1) is 25.9. The Hall–Kier alpha value is -3.34. The van der Waals surface area contributed by atoms with Gasteiger partial charge in [-0.05, 0) is 105 Å². The normalized spacial score (nSPS) is 19.1. The Morgan fingerprint density at radius 1 is 1.00 bits per heavy atom. The van der Waals surface area contributed by atoms with E-state index in [0.29, 0.717) is 5.92 Å². The largest absolute Gasteiger partial charge is 0.439 e. The lowest BCUT2D eigenvalue weighted by Gasteiger charge is -2.25. The van der Waals surface area contributed by atoms with Crippen molar-refractivity contribution in [2.24, 2.45) is 0 Å². The Balaban J connectivity index is 1.43. The quantitative estimate of drug-likeness (QED) is 0.229. The van der Waals surface area contributed by atoms with E-state index in [1.165, 1.54) is 43.1 Å². The van der Waals surface area contributed by atoms with Crippen molar-refractivity contribution < 1.29 is 9.30 Å². The van der Waals surface area contributed by atoms with E-state index in [4.69, 9.17) is 16.3 Å². The van der Waals surface area contributed by atoms with Gasteiger partial charge in [-0.25, -0.2) is 0 Å². The monoisotopic (exact) mass is 553 g/mol. The fourth-order valence-electron chi connectivity index (χ4n) is 5.80. The Labute approximate surface area is 240 Å². The number of allylic oxidation sites excluding steroid dienone is 4. The Morgan fingerprint density at radius 2 is 1.82 bits per heavy atom. The molecule has 0 fully saturated rings. The summed E-state index contributed by atoms with van der Waals surface area (Å²) in [4.78, 5) is 2.27.